The molecule has 18 heavy (non-hydrogen) atoms. The number of likely N-dealkylation sites (tertiary alicyclic amines) is 1. The molecule has 1 aromatic carbocycles. The lowest BCUT2D eigenvalue weighted by molar-refractivity contribution is 0.139. The van der Waals surface area contributed by atoms with Gasteiger partial charge in [-0.15, -0.1) is 0 Å². The minimum Gasteiger partial charge on any atom is -0.380 e. The van der Waals surface area contributed by atoms with Crippen LogP contribution in [0.3, 0.4) is 0 Å². The number of hydrogen-bond donors (Lipinski definition) is 1. The molecular formula is C16H24N2. The van der Waals surface area contributed by atoms with Gasteiger partial charge in [0.2, 0.25) is 0 Å². The molecule has 0 aliphatic carbocycles. The van der Waals surface area contributed by atoms with Crippen molar-refractivity contribution in [1.29, 1.82) is 0 Å². The topological polar surface area (TPSA) is 15.3 Å². The molecule has 2 aliphatic rings. The van der Waals surface area contributed by atoms with Gasteiger partial charge in [0.05, 0.1) is 0 Å². The molecule has 0 bridgehead atoms. The van der Waals surface area contributed by atoms with Crippen molar-refractivity contribution >= 4 is 5.69 Å². The molecule has 1 N–H and O–H groups in total. The molecule has 0 saturated carbocycles. The molecule has 2 aliphatic heterocycles. The second-order valence-corrected chi connectivity index (χ2v) is 5.76. The van der Waals surface area contributed by atoms with E-state index in [1.54, 1.807) is 0 Å². The molecule has 0 radical (unpaired) electrons. The second-order valence-electron chi connectivity index (χ2n) is 5.76. The maximum absolute atomic E-state index is 3.68. The predicted octanol–water partition coefficient (Wildman–Crippen LogP) is 3.29. The van der Waals surface area contributed by atoms with Crippen LogP contribution in [0.15, 0.2) is 24.3 Å². The molecule has 98 valence electrons. The predicted molar refractivity (Wildman–Crippen MR) is 77.1 cm³/mol. The van der Waals surface area contributed by atoms with E-state index < -0.39 is 0 Å². The van der Waals surface area contributed by atoms with Gasteiger partial charge in [0.25, 0.3) is 0 Å². The lowest BCUT2D eigenvalue weighted by Gasteiger charge is -2.36. The van der Waals surface area contributed by atoms with Crippen LogP contribution in [0.4, 0.5) is 5.69 Å². The monoisotopic (exact) mass is 244 g/mol. The SMILES string of the molecule is CCC1CCCCN1CC1Cc2ccccc2N1. The highest BCUT2D eigenvalue weighted by Gasteiger charge is 2.26. The Morgan fingerprint density at radius 2 is 2.17 bits per heavy atom. The van der Waals surface area contributed by atoms with E-state index in [9.17, 15) is 0 Å². The van der Waals surface area contributed by atoms with Crippen LogP contribution in [-0.4, -0.2) is 30.1 Å². The van der Waals surface area contributed by atoms with Gasteiger partial charge < -0.3 is 5.32 Å². The largest absolute Gasteiger partial charge is 0.380 e. The molecule has 0 spiro atoms. The standard InChI is InChI=1S/C16H24N2/c1-2-15-8-5-6-10-18(15)12-14-11-13-7-3-4-9-16(13)17-14/h3-4,7,9,14-15,17H,2,5-6,8,10-12H2,1H3. The summed E-state index contributed by atoms with van der Waals surface area (Å²) in [6.07, 6.45) is 6.71. The summed E-state index contributed by atoms with van der Waals surface area (Å²) in [7, 11) is 0. The first-order chi connectivity index (χ1) is 8.86. The van der Waals surface area contributed by atoms with E-state index in [1.165, 1.54) is 56.4 Å². The Kier molecular flexibility index (Phi) is 3.55. The fourth-order valence-electron chi connectivity index (χ4n) is 3.53. The van der Waals surface area contributed by atoms with Crippen LogP contribution in [-0.2, 0) is 6.42 Å². The zero-order valence-electron chi connectivity index (χ0n) is 11.4. The average Bonchev–Trinajstić information content (AvgIpc) is 2.81. The summed E-state index contributed by atoms with van der Waals surface area (Å²) in [4.78, 5) is 2.72. The Bertz CT molecular complexity index is 377. The van der Waals surface area contributed by atoms with Crippen molar-refractivity contribution < 1.29 is 0 Å². The Morgan fingerprint density at radius 3 is 3.00 bits per heavy atom. The van der Waals surface area contributed by atoms with Crippen LogP contribution >= 0.6 is 0 Å². The van der Waals surface area contributed by atoms with Gasteiger partial charge in [-0.05, 0) is 43.9 Å². The van der Waals surface area contributed by atoms with Crippen LogP contribution in [0.25, 0.3) is 0 Å². The zero-order chi connectivity index (χ0) is 12.4. The lowest BCUT2D eigenvalue weighted by atomic mass is 9.99. The highest BCUT2D eigenvalue weighted by Crippen LogP contribution is 2.27. The zero-order valence-corrected chi connectivity index (χ0v) is 11.4. The molecular weight excluding hydrogens is 220 g/mol. The molecule has 2 heteroatoms. The van der Waals surface area contributed by atoms with Crippen molar-refractivity contribution in [3.8, 4) is 0 Å². The van der Waals surface area contributed by atoms with Crippen LogP contribution < -0.4 is 5.32 Å². The summed E-state index contributed by atoms with van der Waals surface area (Å²) in [5, 5.41) is 3.68. The third kappa shape index (κ3) is 2.39. The first-order valence-electron chi connectivity index (χ1n) is 7.45. The van der Waals surface area contributed by atoms with Crippen LogP contribution in [0.5, 0.6) is 0 Å². The van der Waals surface area contributed by atoms with Gasteiger partial charge in [0.15, 0.2) is 0 Å². The molecule has 2 nitrogen and oxygen atoms in total. The summed E-state index contributed by atoms with van der Waals surface area (Å²) in [5.74, 6) is 0. The summed E-state index contributed by atoms with van der Waals surface area (Å²) in [6, 6.07) is 10.2. The van der Waals surface area contributed by atoms with E-state index in [-0.39, 0.29) is 0 Å². The molecule has 2 atom stereocenters. The van der Waals surface area contributed by atoms with Crippen molar-refractivity contribution in [3.63, 3.8) is 0 Å². The number of rotatable bonds is 3. The van der Waals surface area contributed by atoms with Gasteiger partial charge in [-0.1, -0.05) is 31.5 Å². The van der Waals surface area contributed by atoms with E-state index >= 15 is 0 Å². The fraction of sp³-hybridized carbons (Fsp3) is 0.625. The molecule has 1 saturated heterocycles. The molecule has 0 amide bonds. The summed E-state index contributed by atoms with van der Waals surface area (Å²) in [5.41, 5.74) is 2.85. The molecule has 2 unspecified atom stereocenters. The van der Waals surface area contributed by atoms with Gasteiger partial charge in [0, 0.05) is 24.3 Å². The van der Waals surface area contributed by atoms with Gasteiger partial charge in [-0.25, -0.2) is 0 Å². The Morgan fingerprint density at radius 1 is 1.28 bits per heavy atom. The molecule has 3 rings (SSSR count). The van der Waals surface area contributed by atoms with Gasteiger partial charge in [-0.2, -0.15) is 0 Å². The number of piperidine rings is 1. The first-order valence-corrected chi connectivity index (χ1v) is 7.45. The number of nitrogens with zero attached hydrogens (tertiary/aromatic N) is 1. The molecule has 1 aromatic rings. The maximum Gasteiger partial charge on any atom is 0.0429 e. The van der Waals surface area contributed by atoms with E-state index in [2.05, 4.69) is 41.4 Å². The van der Waals surface area contributed by atoms with Crippen molar-refractivity contribution in [1.82, 2.24) is 4.90 Å². The number of anilines is 1. The Balaban J connectivity index is 1.61. The third-order valence-corrected chi connectivity index (χ3v) is 4.52. The number of nitrogens with one attached hydrogen (secondary N) is 1. The number of para-hydroxylation sites is 1. The minimum atomic E-state index is 0.620. The maximum atomic E-state index is 3.68. The smallest absolute Gasteiger partial charge is 0.0429 e. The number of hydrogen-bond acceptors (Lipinski definition) is 2. The second kappa shape index (κ2) is 5.31. The lowest BCUT2D eigenvalue weighted by Crippen LogP contribution is -2.44. The van der Waals surface area contributed by atoms with E-state index in [0.29, 0.717) is 6.04 Å². The fourth-order valence-corrected chi connectivity index (χ4v) is 3.53. The van der Waals surface area contributed by atoms with Gasteiger partial charge in [-0.3, -0.25) is 4.90 Å². The molecule has 1 fully saturated rings. The van der Waals surface area contributed by atoms with Crippen molar-refractivity contribution in [2.75, 3.05) is 18.4 Å². The minimum absolute atomic E-state index is 0.620. The quantitative estimate of drug-likeness (QED) is 0.877. The molecule has 2 heterocycles. The summed E-state index contributed by atoms with van der Waals surface area (Å²) in [6.45, 7) is 4.85. The highest BCUT2D eigenvalue weighted by molar-refractivity contribution is 5.56. The Hall–Kier alpha value is -1.02. The van der Waals surface area contributed by atoms with E-state index in [4.69, 9.17) is 0 Å². The van der Waals surface area contributed by atoms with Gasteiger partial charge >= 0.3 is 0 Å². The van der Waals surface area contributed by atoms with Gasteiger partial charge in [0.1, 0.15) is 0 Å². The van der Waals surface area contributed by atoms with E-state index in [0.717, 1.165) is 6.04 Å². The summed E-state index contributed by atoms with van der Waals surface area (Å²) < 4.78 is 0. The third-order valence-electron chi connectivity index (χ3n) is 4.52. The van der Waals surface area contributed by atoms with Crippen LogP contribution in [0, 0.1) is 0 Å². The van der Waals surface area contributed by atoms with E-state index in [1.807, 2.05) is 0 Å². The summed E-state index contributed by atoms with van der Waals surface area (Å²) >= 11 is 0. The molecule has 0 aromatic heterocycles. The Labute approximate surface area is 110 Å². The average molecular weight is 244 g/mol. The first kappa shape index (κ1) is 12.0. The van der Waals surface area contributed by atoms with Crippen molar-refractivity contribution in [3.05, 3.63) is 29.8 Å². The van der Waals surface area contributed by atoms with Crippen molar-refractivity contribution in [2.45, 2.75) is 51.1 Å². The van der Waals surface area contributed by atoms with Crippen LogP contribution in [0.2, 0.25) is 0 Å². The van der Waals surface area contributed by atoms with Crippen LogP contribution in [0.1, 0.15) is 38.2 Å². The number of benzene rings is 1. The van der Waals surface area contributed by atoms with Crippen molar-refractivity contribution in [2.24, 2.45) is 0 Å². The normalized spacial score (nSPS) is 27.8. The number of fused-ring (bicyclic) bond motifs is 1. The highest BCUT2D eigenvalue weighted by atomic mass is 15.2.